The van der Waals surface area contributed by atoms with Crippen LogP contribution in [0.2, 0.25) is 0 Å². The second kappa shape index (κ2) is 7.88. The zero-order valence-electron chi connectivity index (χ0n) is 17.0. The summed E-state index contributed by atoms with van der Waals surface area (Å²) >= 11 is 2.20. The van der Waals surface area contributed by atoms with Crippen LogP contribution in [-0.4, -0.2) is 9.97 Å². The lowest BCUT2D eigenvalue weighted by atomic mass is 10.00. The van der Waals surface area contributed by atoms with Crippen molar-refractivity contribution in [3.63, 3.8) is 0 Å². The number of furan rings is 1. The maximum Gasteiger partial charge on any atom is 0.191 e. The van der Waals surface area contributed by atoms with Gasteiger partial charge in [0.2, 0.25) is 0 Å². The van der Waals surface area contributed by atoms with E-state index in [1.54, 1.807) is 0 Å². The van der Waals surface area contributed by atoms with Gasteiger partial charge in [0, 0.05) is 44.5 Å². The van der Waals surface area contributed by atoms with Gasteiger partial charge in [0.25, 0.3) is 0 Å². The van der Waals surface area contributed by atoms with Crippen molar-refractivity contribution in [2.45, 2.75) is 0 Å². The Kier molecular flexibility index (Phi) is 4.72. The topological polar surface area (TPSA) is 38.9 Å². The summed E-state index contributed by atoms with van der Waals surface area (Å²) in [7, 11) is 0. The standard InChI is InChI=1S/C28H17IN2O/c29-28-30-23(20-11-6-10-19(16-20)18-8-2-1-3-9-18)17-24(31-28)21-13-7-15-26-27(21)22-12-4-5-14-25(22)32-26/h1-17H. The Balaban J connectivity index is 1.53. The van der Waals surface area contributed by atoms with Gasteiger partial charge in [-0.3, -0.25) is 0 Å². The number of rotatable bonds is 3. The summed E-state index contributed by atoms with van der Waals surface area (Å²) in [6.07, 6.45) is 0. The van der Waals surface area contributed by atoms with E-state index in [2.05, 4.69) is 89.3 Å². The molecule has 0 bridgehead atoms. The molecule has 0 amide bonds. The third kappa shape index (κ3) is 3.37. The summed E-state index contributed by atoms with van der Waals surface area (Å²) in [6, 6.07) is 35.2. The molecule has 4 heteroatoms. The first kappa shape index (κ1) is 19.2. The lowest BCUT2D eigenvalue weighted by Crippen LogP contribution is -1.95. The highest BCUT2D eigenvalue weighted by molar-refractivity contribution is 14.1. The number of fused-ring (bicyclic) bond motifs is 3. The number of hydrogen-bond acceptors (Lipinski definition) is 3. The van der Waals surface area contributed by atoms with Gasteiger partial charge in [-0.1, -0.05) is 78.9 Å². The highest BCUT2D eigenvalue weighted by Crippen LogP contribution is 2.37. The maximum atomic E-state index is 6.08. The van der Waals surface area contributed by atoms with Crippen molar-refractivity contribution in [1.82, 2.24) is 9.97 Å². The van der Waals surface area contributed by atoms with Crippen LogP contribution in [0.25, 0.3) is 55.6 Å². The molecule has 0 unspecified atom stereocenters. The molecule has 2 aromatic heterocycles. The van der Waals surface area contributed by atoms with Gasteiger partial charge in [0.05, 0.1) is 11.4 Å². The van der Waals surface area contributed by atoms with Gasteiger partial charge in [-0.25, -0.2) is 9.97 Å². The van der Waals surface area contributed by atoms with Crippen LogP contribution in [0.15, 0.2) is 108 Å². The third-order valence-electron chi connectivity index (χ3n) is 5.64. The number of benzene rings is 4. The summed E-state index contributed by atoms with van der Waals surface area (Å²) in [5.41, 5.74) is 8.02. The molecule has 0 N–H and O–H groups in total. The van der Waals surface area contributed by atoms with Crippen molar-refractivity contribution in [2.75, 3.05) is 0 Å². The fourth-order valence-electron chi connectivity index (χ4n) is 4.18. The molecule has 0 aliphatic rings. The highest BCUT2D eigenvalue weighted by atomic mass is 127. The van der Waals surface area contributed by atoms with Crippen LogP contribution in [-0.2, 0) is 0 Å². The molecule has 3 nitrogen and oxygen atoms in total. The zero-order chi connectivity index (χ0) is 21.5. The van der Waals surface area contributed by atoms with E-state index >= 15 is 0 Å². The quantitative estimate of drug-likeness (QED) is 0.174. The first-order chi connectivity index (χ1) is 15.8. The van der Waals surface area contributed by atoms with Crippen molar-refractivity contribution in [3.05, 3.63) is 107 Å². The molecule has 0 atom stereocenters. The van der Waals surface area contributed by atoms with Crippen LogP contribution in [0.5, 0.6) is 0 Å². The van der Waals surface area contributed by atoms with E-state index in [-0.39, 0.29) is 0 Å². The number of halogens is 1. The average Bonchev–Trinajstić information content (AvgIpc) is 3.23. The van der Waals surface area contributed by atoms with Crippen molar-refractivity contribution >= 4 is 44.5 Å². The highest BCUT2D eigenvalue weighted by Gasteiger charge is 2.15. The molecular formula is C28H17IN2O. The summed E-state index contributed by atoms with van der Waals surface area (Å²) in [4.78, 5) is 9.53. The Hall–Kier alpha value is -3.51. The predicted molar refractivity (Wildman–Crippen MR) is 138 cm³/mol. The van der Waals surface area contributed by atoms with Gasteiger partial charge < -0.3 is 4.42 Å². The SMILES string of the molecule is Ic1nc(-c2cccc(-c3ccccc3)c2)cc(-c2cccc3oc4ccccc4c23)n1. The molecule has 0 radical (unpaired) electrons. The molecule has 2 heterocycles. The van der Waals surface area contributed by atoms with E-state index in [0.717, 1.165) is 44.5 Å². The van der Waals surface area contributed by atoms with E-state index in [9.17, 15) is 0 Å². The van der Waals surface area contributed by atoms with Crippen molar-refractivity contribution < 1.29 is 4.42 Å². The smallest absolute Gasteiger partial charge is 0.191 e. The fourth-order valence-corrected chi connectivity index (χ4v) is 4.70. The van der Waals surface area contributed by atoms with Crippen molar-refractivity contribution in [2.24, 2.45) is 0 Å². The third-order valence-corrected chi connectivity index (χ3v) is 6.13. The molecule has 0 aliphatic carbocycles. The number of nitrogens with zero attached hydrogens (tertiary/aromatic N) is 2. The maximum absolute atomic E-state index is 6.08. The molecule has 6 aromatic rings. The first-order valence-electron chi connectivity index (χ1n) is 10.4. The fraction of sp³-hybridized carbons (Fsp3) is 0. The molecule has 4 aromatic carbocycles. The summed E-state index contributed by atoms with van der Waals surface area (Å²) in [6.45, 7) is 0. The van der Waals surface area contributed by atoms with Crippen LogP contribution < -0.4 is 0 Å². The average molecular weight is 524 g/mol. The second-order valence-electron chi connectivity index (χ2n) is 7.63. The van der Waals surface area contributed by atoms with Crippen molar-refractivity contribution in [1.29, 1.82) is 0 Å². The lowest BCUT2D eigenvalue weighted by Gasteiger charge is -2.09. The summed E-state index contributed by atoms with van der Waals surface area (Å²) < 4.78 is 6.79. The largest absolute Gasteiger partial charge is 0.456 e. The minimum Gasteiger partial charge on any atom is -0.456 e. The van der Waals surface area contributed by atoms with E-state index in [1.807, 2.05) is 36.4 Å². The molecular weight excluding hydrogens is 507 g/mol. The first-order valence-corrected chi connectivity index (χ1v) is 11.5. The Morgan fingerprint density at radius 2 is 1.25 bits per heavy atom. The molecule has 152 valence electrons. The Bertz CT molecular complexity index is 1590. The predicted octanol–water partition coefficient (Wildman–Crippen LogP) is 7.98. The van der Waals surface area contributed by atoms with E-state index in [1.165, 1.54) is 11.1 Å². The number of para-hydroxylation sites is 1. The Labute approximate surface area is 198 Å². The van der Waals surface area contributed by atoms with E-state index in [0.29, 0.717) is 3.83 Å². The zero-order valence-corrected chi connectivity index (χ0v) is 19.2. The van der Waals surface area contributed by atoms with E-state index in [4.69, 9.17) is 14.4 Å². The van der Waals surface area contributed by atoms with Crippen LogP contribution >= 0.6 is 22.6 Å². The van der Waals surface area contributed by atoms with Gasteiger partial charge in [-0.05, 0) is 35.4 Å². The molecule has 32 heavy (non-hydrogen) atoms. The van der Waals surface area contributed by atoms with Crippen molar-refractivity contribution in [3.8, 4) is 33.6 Å². The molecule has 0 saturated heterocycles. The van der Waals surface area contributed by atoms with Crippen LogP contribution in [0.1, 0.15) is 0 Å². The van der Waals surface area contributed by atoms with E-state index < -0.39 is 0 Å². The van der Waals surface area contributed by atoms with Crippen LogP contribution in [0.3, 0.4) is 0 Å². The number of hydrogen-bond donors (Lipinski definition) is 0. The molecule has 0 saturated carbocycles. The minimum atomic E-state index is 0.713. The minimum absolute atomic E-state index is 0.713. The monoisotopic (exact) mass is 524 g/mol. The van der Waals surface area contributed by atoms with Crippen LogP contribution in [0.4, 0.5) is 0 Å². The van der Waals surface area contributed by atoms with Gasteiger partial charge in [-0.2, -0.15) is 0 Å². The molecule has 0 spiro atoms. The molecule has 0 aliphatic heterocycles. The molecule has 6 rings (SSSR count). The number of aromatic nitrogens is 2. The Morgan fingerprint density at radius 3 is 2.16 bits per heavy atom. The van der Waals surface area contributed by atoms with Gasteiger partial charge in [-0.15, -0.1) is 0 Å². The summed E-state index contributed by atoms with van der Waals surface area (Å²) in [5, 5.41) is 2.18. The Morgan fingerprint density at radius 1 is 0.562 bits per heavy atom. The van der Waals surface area contributed by atoms with Gasteiger partial charge in [0.15, 0.2) is 3.83 Å². The van der Waals surface area contributed by atoms with Gasteiger partial charge >= 0.3 is 0 Å². The van der Waals surface area contributed by atoms with Crippen LogP contribution in [0, 0.1) is 3.83 Å². The summed E-state index contributed by atoms with van der Waals surface area (Å²) in [5.74, 6) is 0. The molecule has 0 fully saturated rings. The lowest BCUT2D eigenvalue weighted by molar-refractivity contribution is 0.669. The normalized spacial score (nSPS) is 11.3. The second-order valence-corrected chi connectivity index (χ2v) is 8.60. The van der Waals surface area contributed by atoms with Gasteiger partial charge in [0.1, 0.15) is 11.2 Å².